The van der Waals surface area contributed by atoms with Gasteiger partial charge in [0, 0.05) is 0 Å². The molecule has 0 amide bonds. The number of aliphatic hydroxyl groups is 1. The van der Waals surface area contributed by atoms with E-state index in [0.717, 1.165) is 0 Å². The lowest BCUT2D eigenvalue weighted by molar-refractivity contribution is -0.150. The van der Waals surface area contributed by atoms with Crippen molar-refractivity contribution in [2.45, 2.75) is 40.2 Å². The van der Waals surface area contributed by atoms with Crippen molar-refractivity contribution < 1.29 is 24.2 Å². The first kappa shape index (κ1) is 16.1. The Bertz CT molecular complexity index is 386. The van der Waals surface area contributed by atoms with Gasteiger partial charge < -0.3 is 14.6 Å². The standard InChI is InChI=1S/C12H19NO5/c1-6-17-11(16)9(13)8(7(2)14)10(15)18-12(3,4)5/h13-14H,6H2,1-5H3/b8-7+,13-9?. The van der Waals surface area contributed by atoms with Gasteiger partial charge in [0.2, 0.25) is 0 Å². The summed E-state index contributed by atoms with van der Waals surface area (Å²) >= 11 is 0. The van der Waals surface area contributed by atoms with Crippen LogP contribution in [-0.2, 0) is 19.1 Å². The van der Waals surface area contributed by atoms with Crippen molar-refractivity contribution in [3.05, 3.63) is 11.3 Å². The number of hydrogen-bond acceptors (Lipinski definition) is 6. The Hall–Kier alpha value is -1.85. The minimum Gasteiger partial charge on any atom is -0.512 e. The zero-order valence-electron chi connectivity index (χ0n) is 11.3. The summed E-state index contributed by atoms with van der Waals surface area (Å²) in [7, 11) is 0. The van der Waals surface area contributed by atoms with E-state index in [1.165, 1.54) is 6.92 Å². The first-order valence-corrected chi connectivity index (χ1v) is 5.49. The number of carbonyl (C=O) groups excluding carboxylic acids is 2. The number of ether oxygens (including phenoxy) is 2. The Morgan fingerprint density at radius 3 is 2.06 bits per heavy atom. The minimum atomic E-state index is -0.980. The smallest absolute Gasteiger partial charge is 0.357 e. The molecule has 2 N–H and O–H groups in total. The average molecular weight is 257 g/mol. The molecule has 0 atom stereocenters. The number of hydrogen-bond donors (Lipinski definition) is 2. The molecule has 0 spiro atoms. The predicted molar refractivity (Wildman–Crippen MR) is 65.5 cm³/mol. The molecule has 0 fully saturated rings. The topological polar surface area (TPSA) is 96.7 Å². The van der Waals surface area contributed by atoms with Crippen LogP contribution in [0.25, 0.3) is 0 Å². The second kappa shape index (κ2) is 6.18. The van der Waals surface area contributed by atoms with E-state index in [1.54, 1.807) is 27.7 Å². The fourth-order valence-corrected chi connectivity index (χ4v) is 1.07. The van der Waals surface area contributed by atoms with Crippen molar-refractivity contribution in [1.29, 1.82) is 5.41 Å². The van der Waals surface area contributed by atoms with Crippen LogP contribution < -0.4 is 0 Å². The maximum Gasteiger partial charge on any atom is 0.357 e. The molecule has 0 unspecified atom stereocenters. The van der Waals surface area contributed by atoms with Gasteiger partial charge in [0.05, 0.1) is 6.61 Å². The third kappa shape index (κ3) is 4.99. The number of nitrogens with one attached hydrogen (secondary N) is 1. The van der Waals surface area contributed by atoms with E-state index in [4.69, 9.17) is 10.1 Å². The van der Waals surface area contributed by atoms with Gasteiger partial charge in [-0.2, -0.15) is 0 Å². The van der Waals surface area contributed by atoms with Crippen LogP contribution in [0.1, 0.15) is 34.6 Å². The van der Waals surface area contributed by atoms with Crippen LogP contribution in [-0.4, -0.2) is 35.0 Å². The number of carbonyl (C=O) groups is 2. The summed E-state index contributed by atoms with van der Waals surface area (Å²) in [5.41, 5.74) is -1.98. The van der Waals surface area contributed by atoms with Crippen molar-refractivity contribution >= 4 is 17.7 Å². The summed E-state index contributed by atoms with van der Waals surface area (Å²) in [6.45, 7) is 7.78. The fraction of sp³-hybridized carbons (Fsp3) is 0.583. The van der Waals surface area contributed by atoms with Crippen LogP contribution in [0.2, 0.25) is 0 Å². The van der Waals surface area contributed by atoms with E-state index in [2.05, 4.69) is 4.74 Å². The molecule has 6 heteroatoms. The molecule has 0 rings (SSSR count). The lowest BCUT2D eigenvalue weighted by Gasteiger charge is -2.20. The van der Waals surface area contributed by atoms with Gasteiger partial charge in [-0.1, -0.05) is 0 Å². The molecule has 0 bridgehead atoms. The minimum absolute atomic E-state index is 0.0767. The molecule has 0 aliphatic heterocycles. The highest BCUT2D eigenvalue weighted by Crippen LogP contribution is 2.14. The fourth-order valence-electron chi connectivity index (χ4n) is 1.07. The Balaban J connectivity index is 5.14. The van der Waals surface area contributed by atoms with Crippen LogP contribution in [0.3, 0.4) is 0 Å². The van der Waals surface area contributed by atoms with Crippen LogP contribution in [0, 0.1) is 5.41 Å². The van der Waals surface area contributed by atoms with Gasteiger partial charge in [-0.25, -0.2) is 9.59 Å². The van der Waals surface area contributed by atoms with Gasteiger partial charge >= 0.3 is 11.9 Å². The highest BCUT2D eigenvalue weighted by atomic mass is 16.6. The van der Waals surface area contributed by atoms with Crippen LogP contribution in [0.4, 0.5) is 0 Å². The van der Waals surface area contributed by atoms with Crippen molar-refractivity contribution in [2.24, 2.45) is 0 Å². The zero-order valence-corrected chi connectivity index (χ0v) is 11.3. The Kier molecular flexibility index (Phi) is 5.55. The predicted octanol–water partition coefficient (Wildman–Crippen LogP) is 1.74. The second-order valence-electron chi connectivity index (χ2n) is 4.56. The van der Waals surface area contributed by atoms with Crippen molar-refractivity contribution in [2.75, 3.05) is 6.61 Å². The van der Waals surface area contributed by atoms with Crippen molar-refractivity contribution in [3.63, 3.8) is 0 Å². The molecule has 0 saturated heterocycles. The van der Waals surface area contributed by atoms with Gasteiger partial charge in [0.1, 0.15) is 16.9 Å². The summed E-state index contributed by atoms with van der Waals surface area (Å²) in [6.07, 6.45) is 0. The molecule has 0 aromatic rings. The Morgan fingerprint density at radius 2 is 1.72 bits per heavy atom. The molecule has 0 radical (unpaired) electrons. The molecule has 102 valence electrons. The first-order valence-electron chi connectivity index (χ1n) is 5.49. The highest BCUT2D eigenvalue weighted by molar-refractivity contribution is 6.48. The molecule has 6 nitrogen and oxygen atoms in total. The molecular weight excluding hydrogens is 238 g/mol. The lowest BCUT2D eigenvalue weighted by Crippen LogP contribution is -2.31. The molecule has 0 aromatic heterocycles. The first-order chi connectivity index (χ1) is 8.10. The van der Waals surface area contributed by atoms with Crippen molar-refractivity contribution in [3.8, 4) is 0 Å². The van der Waals surface area contributed by atoms with Gasteiger partial charge in [0.15, 0.2) is 5.71 Å². The van der Waals surface area contributed by atoms with Gasteiger partial charge in [-0.3, -0.25) is 5.41 Å². The third-order valence-corrected chi connectivity index (χ3v) is 1.69. The van der Waals surface area contributed by atoms with Crippen LogP contribution in [0.15, 0.2) is 11.3 Å². The van der Waals surface area contributed by atoms with Crippen molar-refractivity contribution in [1.82, 2.24) is 0 Å². The van der Waals surface area contributed by atoms with E-state index in [0.29, 0.717) is 0 Å². The SMILES string of the molecule is CCOC(=O)C(=N)/C(C(=O)OC(C)(C)C)=C(/C)O. The maximum atomic E-state index is 11.8. The number of rotatable bonds is 4. The van der Waals surface area contributed by atoms with Gasteiger partial charge in [0.25, 0.3) is 0 Å². The summed E-state index contributed by atoms with van der Waals surface area (Å²) in [5, 5.41) is 16.9. The summed E-state index contributed by atoms with van der Waals surface area (Å²) in [6, 6.07) is 0. The lowest BCUT2D eigenvalue weighted by atomic mass is 10.1. The van der Waals surface area contributed by atoms with E-state index in [9.17, 15) is 14.7 Å². The summed E-state index contributed by atoms with van der Waals surface area (Å²) in [4.78, 5) is 23.1. The number of aliphatic hydroxyl groups excluding tert-OH is 1. The van der Waals surface area contributed by atoms with Crippen LogP contribution >= 0.6 is 0 Å². The summed E-state index contributed by atoms with van der Waals surface area (Å²) < 4.78 is 9.60. The Morgan fingerprint density at radius 1 is 1.22 bits per heavy atom. The normalized spacial score (nSPS) is 12.5. The van der Waals surface area contributed by atoms with E-state index >= 15 is 0 Å². The van der Waals surface area contributed by atoms with Crippen LogP contribution in [0.5, 0.6) is 0 Å². The molecule has 0 aromatic carbocycles. The average Bonchev–Trinajstić information content (AvgIpc) is 2.14. The molecule has 18 heavy (non-hydrogen) atoms. The second-order valence-corrected chi connectivity index (χ2v) is 4.56. The van der Waals surface area contributed by atoms with Gasteiger partial charge in [-0.15, -0.1) is 0 Å². The highest BCUT2D eigenvalue weighted by Gasteiger charge is 2.29. The van der Waals surface area contributed by atoms with E-state index < -0.39 is 34.6 Å². The summed E-state index contributed by atoms with van der Waals surface area (Å²) in [5.74, 6) is -2.37. The largest absolute Gasteiger partial charge is 0.512 e. The molecule has 0 saturated carbocycles. The zero-order chi connectivity index (χ0) is 14.5. The third-order valence-electron chi connectivity index (χ3n) is 1.69. The molecule has 0 aliphatic carbocycles. The quantitative estimate of drug-likeness (QED) is 0.346. The van der Waals surface area contributed by atoms with E-state index in [1.807, 2.05) is 0 Å². The Labute approximate surface area is 106 Å². The molecule has 0 heterocycles. The monoisotopic (exact) mass is 257 g/mol. The maximum absolute atomic E-state index is 11.8. The molecule has 0 aliphatic rings. The van der Waals surface area contributed by atoms with Gasteiger partial charge in [-0.05, 0) is 34.6 Å². The number of esters is 2. The number of allylic oxidation sites excluding steroid dienone is 1. The van der Waals surface area contributed by atoms with E-state index in [-0.39, 0.29) is 6.61 Å². The molecular formula is C12H19NO5.